The fourth-order valence-corrected chi connectivity index (χ4v) is 3.48. The predicted octanol–water partition coefficient (Wildman–Crippen LogP) is 3.84. The molecule has 0 aromatic heterocycles. The van der Waals surface area contributed by atoms with Gasteiger partial charge in [0.25, 0.3) is 0 Å². The van der Waals surface area contributed by atoms with Gasteiger partial charge in [0.15, 0.2) is 0 Å². The van der Waals surface area contributed by atoms with E-state index in [1.165, 1.54) is 41.6 Å². The minimum absolute atomic E-state index is 0.740. The molecule has 4 rings (SSSR count). The summed E-state index contributed by atoms with van der Waals surface area (Å²) in [4.78, 5) is 0. The zero-order valence-electron chi connectivity index (χ0n) is 12.3. The summed E-state index contributed by atoms with van der Waals surface area (Å²) in [5.41, 5.74) is 5.64. The molecule has 1 unspecified atom stereocenters. The predicted molar refractivity (Wildman–Crippen MR) is 86.1 cm³/mol. The number of ether oxygens (including phenoxy) is 1. The van der Waals surface area contributed by atoms with E-state index < -0.39 is 0 Å². The van der Waals surface area contributed by atoms with Gasteiger partial charge in [0, 0.05) is 18.7 Å². The molecule has 108 valence electrons. The van der Waals surface area contributed by atoms with Gasteiger partial charge in [0.05, 0.1) is 6.61 Å². The fourth-order valence-electron chi connectivity index (χ4n) is 3.48. The van der Waals surface area contributed by atoms with Gasteiger partial charge in [-0.05, 0) is 54.0 Å². The summed E-state index contributed by atoms with van der Waals surface area (Å²) in [7, 11) is 0. The minimum Gasteiger partial charge on any atom is -0.493 e. The highest BCUT2D eigenvalue weighted by molar-refractivity contribution is 5.53. The molecule has 1 N–H and O–H groups in total. The first-order chi connectivity index (χ1) is 10.4. The molecule has 2 heterocycles. The lowest BCUT2D eigenvalue weighted by molar-refractivity contribution is 0.357. The summed E-state index contributed by atoms with van der Waals surface area (Å²) in [6.45, 7) is 1.95. The Bertz CT molecular complexity index is 650. The van der Waals surface area contributed by atoms with Crippen molar-refractivity contribution in [2.45, 2.75) is 25.7 Å². The van der Waals surface area contributed by atoms with Crippen molar-refractivity contribution in [2.24, 2.45) is 5.92 Å². The molecule has 21 heavy (non-hydrogen) atoms. The topological polar surface area (TPSA) is 21.3 Å². The molecule has 0 spiro atoms. The normalized spacial score (nSPS) is 19.3. The molecular weight excluding hydrogens is 258 g/mol. The third-order valence-corrected chi connectivity index (χ3v) is 4.70. The Morgan fingerprint density at radius 2 is 2.05 bits per heavy atom. The van der Waals surface area contributed by atoms with E-state index in [0.717, 1.165) is 31.2 Å². The zero-order valence-corrected chi connectivity index (χ0v) is 12.3. The summed E-state index contributed by atoms with van der Waals surface area (Å²) in [5, 5.41) is 3.57. The van der Waals surface area contributed by atoms with Gasteiger partial charge in [0.2, 0.25) is 0 Å². The van der Waals surface area contributed by atoms with Crippen molar-refractivity contribution in [3.63, 3.8) is 0 Å². The zero-order chi connectivity index (χ0) is 14.1. The number of anilines is 1. The van der Waals surface area contributed by atoms with Gasteiger partial charge in [-0.25, -0.2) is 0 Å². The van der Waals surface area contributed by atoms with Crippen molar-refractivity contribution in [1.29, 1.82) is 0 Å². The van der Waals surface area contributed by atoms with Crippen LogP contribution in [0.2, 0.25) is 0 Å². The van der Waals surface area contributed by atoms with E-state index in [0.29, 0.717) is 0 Å². The Morgan fingerprint density at radius 1 is 1.10 bits per heavy atom. The summed E-state index contributed by atoms with van der Waals surface area (Å²) in [5.74, 6) is 1.83. The first kappa shape index (κ1) is 12.8. The summed E-state index contributed by atoms with van der Waals surface area (Å²) < 4.78 is 5.58. The van der Waals surface area contributed by atoms with Gasteiger partial charge < -0.3 is 10.1 Å². The van der Waals surface area contributed by atoms with Crippen LogP contribution in [0.1, 0.15) is 23.1 Å². The van der Waals surface area contributed by atoms with Gasteiger partial charge in [-0.2, -0.15) is 0 Å². The van der Waals surface area contributed by atoms with Crippen LogP contribution in [0.4, 0.5) is 5.69 Å². The van der Waals surface area contributed by atoms with Crippen LogP contribution >= 0.6 is 0 Å². The lowest BCUT2D eigenvalue weighted by atomic mass is 9.89. The quantitative estimate of drug-likeness (QED) is 0.921. The van der Waals surface area contributed by atoms with Crippen LogP contribution in [0.25, 0.3) is 0 Å². The van der Waals surface area contributed by atoms with E-state index in [2.05, 4.69) is 47.8 Å². The van der Waals surface area contributed by atoms with E-state index in [1.807, 2.05) is 0 Å². The molecule has 2 heteroatoms. The average Bonchev–Trinajstić information content (AvgIpc) is 3.00. The second-order valence-electron chi connectivity index (χ2n) is 6.19. The molecule has 0 fully saturated rings. The van der Waals surface area contributed by atoms with Crippen LogP contribution < -0.4 is 10.1 Å². The molecule has 0 amide bonds. The molecule has 0 saturated heterocycles. The van der Waals surface area contributed by atoms with Gasteiger partial charge in [-0.1, -0.05) is 30.3 Å². The number of fused-ring (bicyclic) bond motifs is 2. The summed E-state index contributed by atoms with van der Waals surface area (Å²) in [6.07, 6.45) is 4.70. The molecule has 2 aromatic carbocycles. The van der Waals surface area contributed by atoms with Gasteiger partial charge in [0.1, 0.15) is 5.75 Å². The van der Waals surface area contributed by atoms with Crippen molar-refractivity contribution in [2.75, 3.05) is 18.5 Å². The maximum absolute atomic E-state index is 5.58. The maximum Gasteiger partial charge on any atom is 0.122 e. The van der Waals surface area contributed by atoms with Crippen molar-refractivity contribution in [3.05, 3.63) is 59.2 Å². The van der Waals surface area contributed by atoms with Crippen molar-refractivity contribution < 1.29 is 4.74 Å². The molecule has 0 bridgehead atoms. The van der Waals surface area contributed by atoms with Gasteiger partial charge in [-0.15, -0.1) is 0 Å². The Morgan fingerprint density at radius 3 is 3.05 bits per heavy atom. The molecular formula is C19H21NO. The first-order valence-electron chi connectivity index (χ1n) is 7.95. The summed E-state index contributed by atoms with van der Waals surface area (Å²) >= 11 is 0. The number of hydrogen-bond acceptors (Lipinski definition) is 2. The lowest BCUT2D eigenvalue weighted by Crippen LogP contribution is -2.23. The highest BCUT2D eigenvalue weighted by atomic mass is 16.5. The third-order valence-electron chi connectivity index (χ3n) is 4.70. The van der Waals surface area contributed by atoms with E-state index in [-0.39, 0.29) is 0 Å². The third kappa shape index (κ3) is 2.63. The Labute approximate surface area is 126 Å². The van der Waals surface area contributed by atoms with E-state index >= 15 is 0 Å². The highest BCUT2D eigenvalue weighted by Crippen LogP contribution is 2.29. The van der Waals surface area contributed by atoms with Crippen LogP contribution in [-0.4, -0.2) is 13.2 Å². The smallest absolute Gasteiger partial charge is 0.122 e. The van der Waals surface area contributed by atoms with Crippen molar-refractivity contribution >= 4 is 5.69 Å². The standard InChI is InChI=1S/C19H21NO/c1-2-4-18-16(3-1)12-15(13-20-18)6-5-14-7-8-19-17(11-14)9-10-21-19/h1-4,7-8,11,15,20H,5-6,9-10,12-13H2. The van der Waals surface area contributed by atoms with Crippen LogP contribution in [0.3, 0.4) is 0 Å². The molecule has 2 nitrogen and oxygen atoms in total. The van der Waals surface area contributed by atoms with Crippen LogP contribution in [0, 0.1) is 5.92 Å². The first-order valence-corrected chi connectivity index (χ1v) is 7.95. The van der Waals surface area contributed by atoms with Crippen LogP contribution in [-0.2, 0) is 19.3 Å². The monoisotopic (exact) mass is 279 g/mol. The molecule has 0 radical (unpaired) electrons. The Kier molecular flexibility index (Phi) is 3.30. The minimum atomic E-state index is 0.740. The SMILES string of the molecule is c1ccc2c(c1)CC(CCc1ccc3c(c1)CCO3)CN2. The summed E-state index contributed by atoms with van der Waals surface area (Å²) in [6, 6.07) is 15.4. The molecule has 0 saturated carbocycles. The molecule has 0 aliphatic carbocycles. The molecule has 2 aliphatic rings. The fraction of sp³-hybridized carbons (Fsp3) is 0.368. The number of rotatable bonds is 3. The van der Waals surface area contributed by atoms with Crippen molar-refractivity contribution in [3.8, 4) is 5.75 Å². The van der Waals surface area contributed by atoms with Gasteiger partial charge >= 0.3 is 0 Å². The number of hydrogen-bond donors (Lipinski definition) is 1. The van der Waals surface area contributed by atoms with E-state index in [4.69, 9.17) is 4.74 Å². The maximum atomic E-state index is 5.58. The lowest BCUT2D eigenvalue weighted by Gasteiger charge is -2.26. The molecule has 2 aromatic rings. The Balaban J connectivity index is 1.39. The Hall–Kier alpha value is -1.96. The van der Waals surface area contributed by atoms with Gasteiger partial charge in [-0.3, -0.25) is 0 Å². The van der Waals surface area contributed by atoms with E-state index in [9.17, 15) is 0 Å². The largest absolute Gasteiger partial charge is 0.493 e. The number of benzene rings is 2. The highest BCUT2D eigenvalue weighted by Gasteiger charge is 2.18. The number of para-hydroxylation sites is 1. The van der Waals surface area contributed by atoms with Crippen LogP contribution in [0.15, 0.2) is 42.5 Å². The second kappa shape index (κ2) is 5.44. The molecule has 1 atom stereocenters. The number of nitrogens with one attached hydrogen (secondary N) is 1. The molecule has 2 aliphatic heterocycles. The van der Waals surface area contributed by atoms with Crippen molar-refractivity contribution in [1.82, 2.24) is 0 Å². The number of aryl methyl sites for hydroxylation is 1. The van der Waals surface area contributed by atoms with E-state index in [1.54, 1.807) is 0 Å². The van der Waals surface area contributed by atoms with Crippen LogP contribution in [0.5, 0.6) is 5.75 Å². The average molecular weight is 279 g/mol. The second-order valence-corrected chi connectivity index (χ2v) is 6.19.